The van der Waals surface area contributed by atoms with Crippen LogP contribution in [0.25, 0.3) is 22.3 Å². The lowest BCUT2D eigenvalue weighted by molar-refractivity contribution is 0.564. The van der Waals surface area contributed by atoms with Crippen molar-refractivity contribution in [3.05, 3.63) is 84.9 Å². The first kappa shape index (κ1) is 24.9. The molecular formula is C28H14N4O4S. The predicted octanol–water partition coefficient (Wildman–Crippen LogP) is 7.04. The van der Waals surface area contributed by atoms with E-state index in [1.54, 1.807) is 85.0 Å². The maximum atomic E-state index is 10.9. The second-order valence-electron chi connectivity index (χ2n) is 7.37. The molecule has 0 radical (unpaired) electrons. The summed E-state index contributed by atoms with van der Waals surface area (Å²) >= 11 is 1.46. The Hall–Kier alpha value is -5.25. The van der Waals surface area contributed by atoms with Crippen molar-refractivity contribution >= 4 is 58.8 Å². The number of aliphatic imine (C=N–C) groups is 4. The van der Waals surface area contributed by atoms with Gasteiger partial charge in [-0.2, -0.15) is 20.0 Å². The van der Waals surface area contributed by atoms with Crippen LogP contribution in [0.2, 0.25) is 0 Å². The van der Waals surface area contributed by atoms with Crippen LogP contribution >= 0.6 is 11.8 Å². The minimum atomic E-state index is 0.437. The van der Waals surface area contributed by atoms with E-state index in [1.165, 1.54) is 23.9 Å². The predicted molar refractivity (Wildman–Crippen MR) is 139 cm³/mol. The zero-order valence-corrected chi connectivity index (χ0v) is 19.7. The summed E-state index contributed by atoms with van der Waals surface area (Å²) in [5, 5.41) is 0. The van der Waals surface area contributed by atoms with Gasteiger partial charge in [-0.25, -0.2) is 19.2 Å². The van der Waals surface area contributed by atoms with Gasteiger partial charge < -0.3 is 0 Å². The van der Waals surface area contributed by atoms with Gasteiger partial charge in [-0.1, -0.05) is 36.0 Å². The molecule has 0 spiro atoms. The molecule has 0 aromatic heterocycles. The van der Waals surface area contributed by atoms with Gasteiger partial charge in [0.1, 0.15) is 0 Å². The average Bonchev–Trinajstić information content (AvgIpc) is 2.92. The number of rotatable bonds is 8. The van der Waals surface area contributed by atoms with Crippen molar-refractivity contribution in [1.82, 2.24) is 0 Å². The lowest BCUT2D eigenvalue weighted by atomic mass is 10.0. The molecule has 9 heteroatoms. The van der Waals surface area contributed by atoms with E-state index < -0.39 is 0 Å². The number of hydrogen-bond acceptors (Lipinski definition) is 9. The van der Waals surface area contributed by atoms with Crippen molar-refractivity contribution in [3.63, 3.8) is 0 Å². The quantitative estimate of drug-likeness (QED) is 0.189. The molecule has 176 valence electrons. The second kappa shape index (κ2) is 11.9. The monoisotopic (exact) mass is 502 g/mol. The van der Waals surface area contributed by atoms with Crippen molar-refractivity contribution < 1.29 is 19.2 Å². The molecule has 0 aliphatic rings. The molecular weight excluding hydrogens is 488 g/mol. The molecule has 0 aliphatic heterocycles. The highest BCUT2D eigenvalue weighted by atomic mass is 32.2. The Balaban J connectivity index is 1.83. The largest absolute Gasteiger partial charge is 0.240 e. The smallest absolute Gasteiger partial charge is 0.211 e. The van der Waals surface area contributed by atoms with Gasteiger partial charge in [0.05, 0.1) is 22.7 Å². The second-order valence-corrected chi connectivity index (χ2v) is 8.45. The van der Waals surface area contributed by atoms with Crippen molar-refractivity contribution in [3.8, 4) is 22.3 Å². The fourth-order valence-electron chi connectivity index (χ4n) is 3.56. The number of benzene rings is 4. The van der Waals surface area contributed by atoms with E-state index in [0.717, 1.165) is 32.0 Å². The van der Waals surface area contributed by atoms with E-state index in [4.69, 9.17) is 0 Å². The molecule has 4 aromatic rings. The van der Waals surface area contributed by atoms with E-state index >= 15 is 0 Å². The van der Waals surface area contributed by atoms with E-state index in [1.807, 2.05) is 12.1 Å². The summed E-state index contributed by atoms with van der Waals surface area (Å²) in [7, 11) is 0. The van der Waals surface area contributed by atoms with Crippen LogP contribution in [0.5, 0.6) is 0 Å². The van der Waals surface area contributed by atoms with Crippen LogP contribution in [-0.4, -0.2) is 24.3 Å². The van der Waals surface area contributed by atoms with E-state index in [0.29, 0.717) is 22.7 Å². The van der Waals surface area contributed by atoms with Crippen LogP contribution in [0.3, 0.4) is 0 Å². The van der Waals surface area contributed by atoms with Crippen molar-refractivity contribution in [1.29, 1.82) is 0 Å². The van der Waals surface area contributed by atoms with Gasteiger partial charge in [-0.05, 0) is 82.9 Å². The van der Waals surface area contributed by atoms with Gasteiger partial charge in [-0.3, -0.25) is 0 Å². The third-order valence-corrected chi connectivity index (χ3v) is 6.35. The van der Waals surface area contributed by atoms with Crippen LogP contribution in [0.15, 0.2) is 115 Å². The molecule has 0 atom stereocenters. The van der Waals surface area contributed by atoms with E-state index in [2.05, 4.69) is 20.0 Å². The normalized spacial score (nSPS) is 9.73. The SMILES string of the molecule is O=C=Nc1ccc(-c2cc(N=C=O)ccc2Sc2ccc(N=C=O)cc2-c2ccc(N=C=O)cc2)cc1. The van der Waals surface area contributed by atoms with E-state index in [-0.39, 0.29) is 0 Å². The van der Waals surface area contributed by atoms with Crippen LogP contribution in [-0.2, 0) is 19.2 Å². The van der Waals surface area contributed by atoms with Gasteiger partial charge in [0, 0.05) is 9.79 Å². The van der Waals surface area contributed by atoms with Crippen LogP contribution in [0, 0.1) is 0 Å². The molecule has 4 aromatic carbocycles. The maximum absolute atomic E-state index is 10.9. The molecule has 0 saturated heterocycles. The van der Waals surface area contributed by atoms with Gasteiger partial charge >= 0.3 is 0 Å². The molecule has 37 heavy (non-hydrogen) atoms. The molecule has 0 aliphatic carbocycles. The molecule has 0 N–H and O–H groups in total. The highest BCUT2D eigenvalue weighted by Crippen LogP contribution is 2.43. The number of isocyanates is 4. The van der Waals surface area contributed by atoms with Crippen molar-refractivity contribution in [2.45, 2.75) is 9.79 Å². The third kappa shape index (κ3) is 6.06. The Morgan fingerprint density at radius 3 is 1.11 bits per heavy atom. The van der Waals surface area contributed by atoms with Gasteiger partial charge in [-0.15, -0.1) is 0 Å². The molecule has 0 bridgehead atoms. The van der Waals surface area contributed by atoms with Crippen LogP contribution in [0.1, 0.15) is 0 Å². The lowest BCUT2D eigenvalue weighted by Gasteiger charge is -2.14. The molecule has 8 nitrogen and oxygen atoms in total. The third-order valence-electron chi connectivity index (χ3n) is 5.20. The Labute approximate surface area is 214 Å². The maximum Gasteiger partial charge on any atom is 0.240 e. The highest BCUT2D eigenvalue weighted by Gasteiger charge is 2.13. The Morgan fingerprint density at radius 2 is 0.757 bits per heavy atom. The Kier molecular flexibility index (Phi) is 8.02. The number of carbonyl (C=O) groups excluding carboxylic acids is 4. The first-order valence-electron chi connectivity index (χ1n) is 10.6. The van der Waals surface area contributed by atoms with Crippen LogP contribution in [0.4, 0.5) is 22.7 Å². The molecule has 0 heterocycles. The zero-order chi connectivity index (χ0) is 26.0. The summed E-state index contributed by atoms with van der Waals surface area (Å²) in [5.74, 6) is 0. The summed E-state index contributed by atoms with van der Waals surface area (Å²) in [6.07, 6.45) is 6.14. The van der Waals surface area contributed by atoms with Gasteiger partial charge in [0.15, 0.2) is 0 Å². The highest BCUT2D eigenvalue weighted by molar-refractivity contribution is 7.99. The number of nitrogens with zero attached hydrogens (tertiary/aromatic N) is 4. The van der Waals surface area contributed by atoms with Crippen molar-refractivity contribution in [2.75, 3.05) is 0 Å². The summed E-state index contributed by atoms with van der Waals surface area (Å²) in [6.45, 7) is 0. The zero-order valence-electron chi connectivity index (χ0n) is 18.9. The van der Waals surface area contributed by atoms with Gasteiger partial charge in [0.2, 0.25) is 24.3 Å². The lowest BCUT2D eigenvalue weighted by Crippen LogP contribution is -1.86. The molecule has 0 unspecified atom stereocenters. The summed E-state index contributed by atoms with van der Waals surface area (Å²) in [5.41, 5.74) is 5.01. The first-order valence-corrected chi connectivity index (χ1v) is 11.4. The molecule has 0 saturated carbocycles. The standard InChI is InChI=1S/C28H14N4O4S/c33-15-29-21-5-1-19(2-6-21)25-13-23(31-17-35)9-11-27(25)37-28-12-10-24(32-18-36)14-26(28)20-3-7-22(8-4-20)30-16-34/h1-14H. The summed E-state index contributed by atoms with van der Waals surface area (Å²) in [6, 6.07) is 24.6. The van der Waals surface area contributed by atoms with E-state index in [9.17, 15) is 19.2 Å². The van der Waals surface area contributed by atoms with Gasteiger partial charge in [0.25, 0.3) is 0 Å². The summed E-state index contributed by atoms with van der Waals surface area (Å²) < 4.78 is 0. The Morgan fingerprint density at radius 1 is 0.432 bits per heavy atom. The minimum absolute atomic E-state index is 0.437. The fraction of sp³-hybridized carbons (Fsp3) is 0. The molecule has 0 amide bonds. The van der Waals surface area contributed by atoms with Crippen LogP contribution < -0.4 is 0 Å². The average molecular weight is 503 g/mol. The number of hydrogen-bond donors (Lipinski definition) is 0. The fourth-order valence-corrected chi connectivity index (χ4v) is 4.65. The Bertz CT molecular complexity index is 1530. The molecule has 4 rings (SSSR count). The summed E-state index contributed by atoms with van der Waals surface area (Å²) in [4.78, 5) is 59.3. The molecule has 0 fully saturated rings. The first-order chi connectivity index (χ1) is 18.1. The van der Waals surface area contributed by atoms with Crippen molar-refractivity contribution in [2.24, 2.45) is 20.0 Å². The topological polar surface area (TPSA) is 118 Å². The minimum Gasteiger partial charge on any atom is -0.211 e.